The van der Waals surface area contributed by atoms with Crippen molar-refractivity contribution in [1.29, 1.82) is 0 Å². The molecule has 1 heterocycles. The number of nitrogen functional groups attached to an aromatic ring is 1. The maximum absolute atomic E-state index is 5.88. The van der Waals surface area contributed by atoms with Gasteiger partial charge in [-0.1, -0.05) is 23.7 Å². The van der Waals surface area contributed by atoms with E-state index in [4.69, 9.17) is 22.1 Å². The maximum atomic E-state index is 5.88. The number of aromatic nitrogens is 2. The molecule has 1 aromatic heterocycles. The number of methoxy groups -OCH3 is 1. The van der Waals surface area contributed by atoms with E-state index >= 15 is 0 Å². The molecule has 0 aliphatic heterocycles. The zero-order chi connectivity index (χ0) is 13.8. The van der Waals surface area contributed by atoms with Gasteiger partial charge in [0.25, 0.3) is 0 Å². The third-order valence-electron chi connectivity index (χ3n) is 2.75. The highest BCUT2D eigenvalue weighted by Crippen LogP contribution is 2.26. The molecule has 2 N–H and O–H groups in total. The van der Waals surface area contributed by atoms with Gasteiger partial charge >= 0.3 is 0 Å². The van der Waals surface area contributed by atoms with Gasteiger partial charge in [-0.2, -0.15) is 0 Å². The Kier molecular flexibility index (Phi) is 4.06. The number of rotatable bonds is 4. The van der Waals surface area contributed by atoms with Crippen LogP contribution in [0.1, 0.15) is 5.56 Å². The maximum Gasteiger partial charge on any atom is 0.157 e. The molecule has 2 aromatic rings. The molecule has 0 atom stereocenters. The third kappa shape index (κ3) is 3.06. The molecule has 0 aliphatic rings. The topological polar surface area (TPSA) is 64.3 Å². The van der Waals surface area contributed by atoms with Gasteiger partial charge in [-0.25, -0.2) is 9.97 Å². The molecule has 6 heteroatoms. The lowest BCUT2D eigenvalue weighted by molar-refractivity contribution is 0.414. The minimum atomic E-state index is 0.270. The first-order valence-corrected chi connectivity index (χ1v) is 6.09. The number of nitrogens with zero attached hydrogens (tertiary/aromatic N) is 3. The van der Waals surface area contributed by atoms with Gasteiger partial charge in [-0.15, -0.1) is 0 Å². The van der Waals surface area contributed by atoms with Gasteiger partial charge < -0.3 is 15.4 Å². The fourth-order valence-electron chi connectivity index (χ4n) is 1.75. The van der Waals surface area contributed by atoms with Crippen molar-refractivity contribution in [1.82, 2.24) is 9.97 Å². The minimum absolute atomic E-state index is 0.270. The van der Waals surface area contributed by atoms with Gasteiger partial charge in [0.2, 0.25) is 0 Å². The summed E-state index contributed by atoms with van der Waals surface area (Å²) in [6.45, 7) is 0.668. The first-order chi connectivity index (χ1) is 9.11. The Labute approximate surface area is 117 Å². The van der Waals surface area contributed by atoms with E-state index in [2.05, 4.69) is 9.97 Å². The summed E-state index contributed by atoms with van der Waals surface area (Å²) < 4.78 is 5.12. The quantitative estimate of drug-likeness (QED) is 0.870. The predicted molar refractivity (Wildman–Crippen MR) is 76.6 cm³/mol. The molecular formula is C13H15ClN4O. The summed E-state index contributed by atoms with van der Waals surface area (Å²) in [5.74, 6) is 1.45. The molecule has 0 fully saturated rings. The number of anilines is 2. The Morgan fingerprint density at radius 1 is 1.26 bits per heavy atom. The second kappa shape index (κ2) is 5.75. The van der Waals surface area contributed by atoms with Crippen molar-refractivity contribution in [2.45, 2.75) is 6.54 Å². The van der Waals surface area contributed by atoms with Gasteiger partial charge in [-0.05, 0) is 17.7 Å². The van der Waals surface area contributed by atoms with Crippen molar-refractivity contribution >= 4 is 23.1 Å². The molecule has 0 aliphatic carbocycles. The van der Waals surface area contributed by atoms with Gasteiger partial charge in [0.1, 0.15) is 17.8 Å². The molecule has 2 rings (SSSR count). The largest absolute Gasteiger partial charge is 0.497 e. The number of benzene rings is 1. The Morgan fingerprint density at radius 2 is 1.95 bits per heavy atom. The van der Waals surface area contributed by atoms with Crippen molar-refractivity contribution in [3.63, 3.8) is 0 Å². The fourth-order valence-corrected chi connectivity index (χ4v) is 1.88. The van der Waals surface area contributed by atoms with Crippen molar-refractivity contribution in [2.24, 2.45) is 0 Å². The van der Waals surface area contributed by atoms with Crippen LogP contribution in [0.5, 0.6) is 5.75 Å². The highest BCUT2D eigenvalue weighted by atomic mass is 35.5. The number of hydrogen-bond donors (Lipinski definition) is 1. The summed E-state index contributed by atoms with van der Waals surface area (Å²) in [6, 6.07) is 7.82. The normalized spacial score (nSPS) is 10.3. The van der Waals surface area contributed by atoms with Crippen LogP contribution in [0.4, 0.5) is 11.5 Å². The molecule has 0 radical (unpaired) electrons. The van der Waals surface area contributed by atoms with E-state index < -0.39 is 0 Å². The summed E-state index contributed by atoms with van der Waals surface area (Å²) in [4.78, 5) is 9.91. The van der Waals surface area contributed by atoms with Gasteiger partial charge in [0.15, 0.2) is 11.0 Å². The predicted octanol–water partition coefficient (Wildman–Crippen LogP) is 2.36. The van der Waals surface area contributed by atoms with Crippen molar-refractivity contribution in [3.05, 3.63) is 41.3 Å². The van der Waals surface area contributed by atoms with E-state index in [1.807, 2.05) is 36.2 Å². The Hall–Kier alpha value is -2.01. The minimum Gasteiger partial charge on any atom is -0.497 e. The van der Waals surface area contributed by atoms with Crippen LogP contribution >= 0.6 is 11.6 Å². The van der Waals surface area contributed by atoms with Crippen molar-refractivity contribution in [2.75, 3.05) is 24.8 Å². The van der Waals surface area contributed by atoms with Crippen LogP contribution in [0.2, 0.25) is 5.15 Å². The highest BCUT2D eigenvalue weighted by molar-refractivity contribution is 6.32. The first-order valence-electron chi connectivity index (χ1n) is 5.72. The van der Waals surface area contributed by atoms with E-state index in [0.717, 1.165) is 11.3 Å². The van der Waals surface area contributed by atoms with Crippen LogP contribution in [0.15, 0.2) is 30.6 Å². The van der Waals surface area contributed by atoms with Gasteiger partial charge in [-0.3, -0.25) is 0 Å². The number of ether oxygens (including phenoxy) is 1. The van der Waals surface area contributed by atoms with E-state index in [0.29, 0.717) is 18.1 Å². The molecule has 19 heavy (non-hydrogen) atoms. The molecular weight excluding hydrogens is 264 g/mol. The van der Waals surface area contributed by atoms with E-state index in [1.54, 1.807) is 7.11 Å². The molecule has 0 saturated heterocycles. The summed E-state index contributed by atoms with van der Waals surface area (Å²) in [5, 5.41) is 0.270. The standard InChI is InChI=1S/C13H15ClN4O/c1-18(13-11(15)12(14)16-8-17-13)7-9-3-5-10(19-2)6-4-9/h3-6,8H,7,15H2,1-2H3. The highest BCUT2D eigenvalue weighted by Gasteiger charge is 2.11. The Balaban J connectivity index is 2.15. The van der Waals surface area contributed by atoms with Crippen LogP contribution in [0.25, 0.3) is 0 Å². The summed E-state index contributed by atoms with van der Waals surface area (Å²) >= 11 is 5.88. The van der Waals surface area contributed by atoms with Gasteiger partial charge in [0.05, 0.1) is 7.11 Å². The van der Waals surface area contributed by atoms with E-state index in [-0.39, 0.29) is 5.15 Å². The zero-order valence-corrected chi connectivity index (χ0v) is 11.6. The molecule has 0 bridgehead atoms. The van der Waals surface area contributed by atoms with Crippen LogP contribution in [-0.4, -0.2) is 24.1 Å². The number of nitrogens with two attached hydrogens (primary N) is 1. The van der Waals surface area contributed by atoms with Crippen LogP contribution in [0, 0.1) is 0 Å². The zero-order valence-electron chi connectivity index (χ0n) is 10.8. The Morgan fingerprint density at radius 3 is 2.58 bits per heavy atom. The van der Waals surface area contributed by atoms with Crippen molar-refractivity contribution in [3.8, 4) is 5.75 Å². The average Bonchev–Trinajstić information content (AvgIpc) is 2.42. The molecule has 1 aromatic carbocycles. The average molecular weight is 279 g/mol. The fraction of sp³-hybridized carbons (Fsp3) is 0.231. The molecule has 0 amide bonds. The second-order valence-corrected chi connectivity index (χ2v) is 4.46. The Bertz CT molecular complexity index is 559. The SMILES string of the molecule is COc1ccc(CN(C)c2ncnc(Cl)c2N)cc1. The molecule has 0 spiro atoms. The van der Waals surface area contributed by atoms with Gasteiger partial charge in [0, 0.05) is 13.6 Å². The summed E-state index contributed by atoms with van der Waals surface area (Å²) in [6.07, 6.45) is 1.40. The lowest BCUT2D eigenvalue weighted by Crippen LogP contribution is -2.19. The number of hydrogen-bond acceptors (Lipinski definition) is 5. The second-order valence-electron chi connectivity index (χ2n) is 4.11. The monoisotopic (exact) mass is 278 g/mol. The summed E-state index contributed by atoms with van der Waals surface area (Å²) in [5.41, 5.74) is 7.38. The lowest BCUT2D eigenvalue weighted by Gasteiger charge is -2.20. The molecule has 0 saturated carbocycles. The summed E-state index contributed by atoms with van der Waals surface area (Å²) in [7, 11) is 3.55. The van der Waals surface area contributed by atoms with Crippen molar-refractivity contribution < 1.29 is 4.74 Å². The molecule has 5 nitrogen and oxygen atoms in total. The first kappa shape index (κ1) is 13.4. The number of halogens is 1. The molecule has 0 unspecified atom stereocenters. The lowest BCUT2D eigenvalue weighted by atomic mass is 10.2. The van der Waals surface area contributed by atoms with Crippen LogP contribution in [-0.2, 0) is 6.54 Å². The van der Waals surface area contributed by atoms with E-state index in [9.17, 15) is 0 Å². The van der Waals surface area contributed by atoms with Crippen LogP contribution < -0.4 is 15.4 Å². The smallest absolute Gasteiger partial charge is 0.157 e. The van der Waals surface area contributed by atoms with Crippen LogP contribution in [0.3, 0.4) is 0 Å². The third-order valence-corrected chi connectivity index (χ3v) is 3.06. The van der Waals surface area contributed by atoms with E-state index in [1.165, 1.54) is 6.33 Å². The molecule has 100 valence electrons.